The van der Waals surface area contributed by atoms with Gasteiger partial charge in [-0.2, -0.15) is 0 Å². The molecule has 2 rings (SSSR count). The Labute approximate surface area is 115 Å². The summed E-state index contributed by atoms with van der Waals surface area (Å²) < 4.78 is 0. The lowest BCUT2D eigenvalue weighted by Gasteiger charge is -2.11. The van der Waals surface area contributed by atoms with E-state index in [9.17, 15) is 9.59 Å². The standard InChI is InChI=1S/C13H14N4O3/c1-8-3-2-4-9(12(18)19)11(8)17-13(20)16-7-10-14-5-6-15-10/h2-6H,7H2,1H3,(H,14,15)(H,18,19)(H2,16,17,20). The fourth-order valence-electron chi connectivity index (χ4n) is 1.73. The van der Waals surface area contributed by atoms with Crippen molar-refractivity contribution in [2.75, 3.05) is 5.32 Å². The molecular formula is C13H14N4O3. The number of aryl methyl sites for hydroxylation is 1. The monoisotopic (exact) mass is 274 g/mol. The predicted molar refractivity (Wildman–Crippen MR) is 72.6 cm³/mol. The fourth-order valence-corrected chi connectivity index (χ4v) is 1.73. The second kappa shape index (κ2) is 5.87. The molecule has 7 nitrogen and oxygen atoms in total. The number of benzene rings is 1. The molecule has 0 radical (unpaired) electrons. The zero-order valence-corrected chi connectivity index (χ0v) is 10.8. The number of carboxylic acid groups (broad SMARTS) is 1. The number of amides is 2. The van der Waals surface area contributed by atoms with E-state index in [1.165, 1.54) is 6.07 Å². The molecule has 1 heterocycles. The first-order valence-electron chi connectivity index (χ1n) is 5.94. The average molecular weight is 274 g/mol. The SMILES string of the molecule is Cc1cccc(C(=O)O)c1NC(=O)NCc1ncc[nH]1. The van der Waals surface area contributed by atoms with Crippen molar-refractivity contribution in [1.29, 1.82) is 0 Å². The highest BCUT2D eigenvalue weighted by atomic mass is 16.4. The van der Waals surface area contributed by atoms with Crippen LogP contribution in [0.25, 0.3) is 0 Å². The minimum absolute atomic E-state index is 0.0538. The van der Waals surface area contributed by atoms with E-state index in [-0.39, 0.29) is 17.8 Å². The van der Waals surface area contributed by atoms with Crippen LogP contribution in [0, 0.1) is 6.92 Å². The molecule has 2 amide bonds. The third-order valence-corrected chi connectivity index (χ3v) is 2.71. The van der Waals surface area contributed by atoms with Crippen molar-refractivity contribution in [3.8, 4) is 0 Å². The van der Waals surface area contributed by atoms with Crippen molar-refractivity contribution < 1.29 is 14.7 Å². The molecular weight excluding hydrogens is 260 g/mol. The molecule has 0 spiro atoms. The van der Waals surface area contributed by atoms with E-state index in [2.05, 4.69) is 20.6 Å². The Kier molecular flexibility index (Phi) is 3.99. The van der Waals surface area contributed by atoms with Crippen LogP contribution in [0.2, 0.25) is 0 Å². The van der Waals surface area contributed by atoms with Crippen LogP contribution in [-0.2, 0) is 6.54 Å². The summed E-state index contributed by atoms with van der Waals surface area (Å²) in [4.78, 5) is 29.7. The molecule has 0 bridgehead atoms. The number of carbonyl (C=O) groups excluding carboxylic acids is 1. The molecule has 0 fully saturated rings. The van der Waals surface area contributed by atoms with Crippen LogP contribution >= 0.6 is 0 Å². The smallest absolute Gasteiger partial charge is 0.337 e. The fraction of sp³-hybridized carbons (Fsp3) is 0.154. The first-order valence-corrected chi connectivity index (χ1v) is 5.94. The number of carboxylic acids is 1. The minimum Gasteiger partial charge on any atom is -0.478 e. The van der Waals surface area contributed by atoms with E-state index >= 15 is 0 Å². The van der Waals surface area contributed by atoms with Crippen molar-refractivity contribution in [2.45, 2.75) is 13.5 Å². The number of carbonyl (C=O) groups is 2. The van der Waals surface area contributed by atoms with Gasteiger partial charge in [-0.3, -0.25) is 0 Å². The summed E-state index contributed by atoms with van der Waals surface area (Å²) in [6.45, 7) is 1.96. The first-order chi connectivity index (χ1) is 9.58. The predicted octanol–water partition coefficient (Wildman–Crippen LogP) is 1.74. The van der Waals surface area contributed by atoms with Crippen molar-refractivity contribution in [3.05, 3.63) is 47.5 Å². The topological polar surface area (TPSA) is 107 Å². The van der Waals surface area contributed by atoms with Gasteiger partial charge in [0.1, 0.15) is 5.82 Å². The van der Waals surface area contributed by atoms with Crippen molar-refractivity contribution >= 4 is 17.7 Å². The lowest BCUT2D eigenvalue weighted by Crippen LogP contribution is -2.29. The Hall–Kier alpha value is -2.83. The van der Waals surface area contributed by atoms with Crippen LogP contribution in [0.4, 0.5) is 10.5 Å². The highest BCUT2D eigenvalue weighted by Gasteiger charge is 2.14. The number of aromatic carboxylic acids is 1. The van der Waals surface area contributed by atoms with E-state index < -0.39 is 12.0 Å². The van der Waals surface area contributed by atoms with E-state index in [1.54, 1.807) is 31.5 Å². The summed E-state index contributed by atoms with van der Waals surface area (Å²) in [7, 11) is 0. The van der Waals surface area contributed by atoms with Gasteiger partial charge in [-0.15, -0.1) is 0 Å². The highest BCUT2D eigenvalue weighted by Crippen LogP contribution is 2.20. The molecule has 1 aromatic carbocycles. The Bertz CT molecular complexity index is 623. The third-order valence-electron chi connectivity index (χ3n) is 2.71. The van der Waals surface area contributed by atoms with Crippen molar-refractivity contribution in [1.82, 2.24) is 15.3 Å². The second-order valence-corrected chi connectivity index (χ2v) is 4.15. The van der Waals surface area contributed by atoms with E-state index in [0.717, 1.165) is 0 Å². The second-order valence-electron chi connectivity index (χ2n) is 4.15. The normalized spacial score (nSPS) is 10.1. The van der Waals surface area contributed by atoms with Gasteiger partial charge in [0.2, 0.25) is 0 Å². The first kappa shape index (κ1) is 13.6. The number of aromatic nitrogens is 2. The van der Waals surface area contributed by atoms with Gasteiger partial charge in [0.05, 0.1) is 17.8 Å². The Morgan fingerprint density at radius 2 is 2.20 bits per heavy atom. The van der Waals surface area contributed by atoms with E-state index in [4.69, 9.17) is 5.11 Å². The Balaban J connectivity index is 2.06. The van der Waals surface area contributed by atoms with Crippen LogP contribution in [0.1, 0.15) is 21.7 Å². The molecule has 1 aromatic heterocycles. The van der Waals surface area contributed by atoms with Gasteiger partial charge in [-0.1, -0.05) is 12.1 Å². The Morgan fingerprint density at radius 1 is 1.40 bits per heavy atom. The van der Waals surface area contributed by atoms with Gasteiger partial charge in [0.15, 0.2) is 0 Å². The van der Waals surface area contributed by atoms with Gasteiger partial charge in [0.25, 0.3) is 0 Å². The number of anilines is 1. The summed E-state index contributed by atoms with van der Waals surface area (Å²) in [6.07, 6.45) is 3.23. The number of para-hydroxylation sites is 1. The van der Waals surface area contributed by atoms with Crippen LogP contribution < -0.4 is 10.6 Å². The van der Waals surface area contributed by atoms with Gasteiger partial charge in [0, 0.05) is 12.4 Å². The zero-order chi connectivity index (χ0) is 14.5. The zero-order valence-electron chi connectivity index (χ0n) is 10.8. The van der Waals surface area contributed by atoms with Gasteiger partial charge >= 0.3 is 12.0 Å². The van der Waals surface area contributed by atoms with E-state index in [1.807, 2.05) is 0 Å². The number of nitrogens with zero attached hydrogens (tertiary/aromatic N) is 1. The number of rotatable bonds is 4. The largest absolute Gasteiger partial charge is 0.478 e. The number of H-pyrrole nitrogens is 1. The lowest BCUT2D eigenvalue weighted by molar-refractivity contribution is 0.0698. The van der Waals surface area contributed by atoms with Gasteiger partial charge in [-0.25, -0.2) is 14.6 Å². The number of hydrogen-bond donors (Lipinski definition) is 4. The molecule has 0 saturated carbocycles. The Morgan fingerprint density at radius 3 is 2.85 bits per heavy atom. The molecule has 4 N–H and O–H groups in total. The number of aromatic amines is 1. The molecule has 0 atom stereocenters. The molecule has 20 heavy (non-hydrogen) atoms. The summed E-state index contributed by atoms with van der Waals surface area (Å²) in [5, 5.41) is 14.2. The number of urea groups is 1. The number of hydrogen-bond acceptors (Lipinski definition) is 3. The molecule has 0 aliphatic carbocycles. The van der Waals surface area contributed by atoms with Crippen LogP contribution in [-0.4, -0.2) is 27.1 Å². The highest BCUT2D eigenvalue weighted by molar-refractivity contribution is 6.00. The van der Waals surface area contributed by atoms with Crippen molar-refractivity contribution in [2.24, 2.45) is 0 Å². The molecule has 0 unspecified atom stereocenters. The van der Waals surface area contributed by atoms with Gasteiger partial charge < -0.3 is 20.7 Å². The maximum absolute atomic E-state index is 11.8. The minimum atomic E-state index is -1.09. The van der Waals surface area contributed by atoms with Crippen molar-refractivity contribution in [3.63, 3.8) is 0 Å². The summed E-state index contributed by atoms with van der Waals surface area (Å²) in [5.41, 5.74) is 1.02. The lowest BCUT2D eigenvalue weighted by atomic mass is 10.1. The number of imidazole rings is 1. The summed E-state index contributed by atoms with van der Waals surface area (Å²) in [5.74, 6) is -0.474. The molecule has 2 aromatic rings. The third kappa shape index (κ3) is 3.14. The molecule has 104 valence electrons. The maximum atomic E-state index is 11.8. The number of nitrogens with one attached hydrogen (secondary N) is 3. The average Bonchev–Trinajstić information content (AvgIpc) is 2.91. The molecule has 0 aliphatic heterocycles. The maximum Gasteiger partial charge on any atom is 0.337 e. The van der Waals surface area contributed by atoms with Crippen LogP contribution in [0.15, 0.2) is 30.6 Å². The summed E-state index contributed by atoms with van der Waals surface area (Å²) in [6, 6.07) is 4.31. The molecule has 0 aliphatic rings. The summed E-state index contributed by atoms with van der Waals surface area (Å²) >= 11 is 0. The molecule has 7 heteroatoms. The van der Waals surface area contributed by atoms with Gasteiger partial charge in [-0.05, 0) is 18.6 Å². The van der Waals surface area contributed by atoms with Crippen LogP contribution in [0.3, 0.4) is 0 Å². The quantitative estimate of drug-likeness (QED) is 0.681. The van der Waals surface area contributed by atoms with E-state index in [0.29, 0.717) is 11.4 Å². The molecule has 0 saturated heterocycles. The van der Waals surface area contributed by atoms with Crippen LogP contribution in [0.5, 0.6) is 0 Å².